The van der Waals surface area contributed by atoms with Crippen molar-refractivity contribution in [2.45, 2.75) is 25.3 Å². The Kier molecular flexibility index (Phi) is 5.80. The van der Waals surface area contributed by atoms with Crippen LogP contribution < -0.4 is 18.5 Å². The smallest absolute Gasteiger partial charge is 0.485 e. The van der Waals surface area contributed by atoms with Gasteiger partial charge >= 0.3 is 91.5 Å². The molecule has 1 rings (SSSR count). The zero-order valence-electron chi connectivity index (χ0n) is 11.3. The van der Waals surface area contributed by atoms with E-state index in [0.717, 1.165) is 12.1 Å². The largest absolute Gasteiger partial charge is 0.741 e. The Morgan fingerprint density at radius 2 is 1.43 bits per heavy atom. The second-order valence-electron chi connectivity index (χ2n) is 4.14. The van der Waals surface area contributed by atoms with E-state index in [1.165, 1.54) is 6.07 Å². The first-order chi connectivity index (χ1) is 9.79. The monoisotopic (exact) mass is 490 g/mol. The molecule has 138 valence electrons. The Morgan fingerprint density at radius 1 is 1.04 bits per heavy atom. The first-order valence-corrected chi connectivity index (χ1v) is 12.1. The molecule has 0 aliphatic carbocycles. The van der Waals surface area contributed by atoms with Gasteiger partial charge in [-0.1, -0.05) is 0 Å². The Morgan fingerprint density at radius 3 is 1.74 bits per heavy atom. The maximum atomic E-state index is 12.6. The van der Waals surface area contributed by atoms with Gasteiger partial charge in [0.05, 0.1) is 0 Å². The van der Waals surface area contributed by atoms with Crippen LogP contribution in [0.5, 0.6) is 0 Å². The van der Waals surface area contributed by atoms with E-state index in [9.17, 15) is 27.5 Å². The van der Waals surface area contributed by atoms with E-state index in [0.29, 0.717) is 12.5 Å². The minimum absolute atomic E-state index is 0.0179. The summed E-state index contributed by atoms with van der Waals surface area (Å²) in [5.74, 6) is 0. The van der Waals surface area contributed by atoms with Gasteiger partial charge in [-0.15, -0.1) is 0 Å². The molecule has 0 heterocycles. The molecule has 1 aromatic carbocycles. The third-order valence-corrected chi connectivity index (χ3v) is 5.96. The molecule has 0 N–H and O–H groups in total. The molecule has 0 aliphatic heterocycles. The number of hydrogen-bond acceptors (Lipinski definition) is 3. The summed E-state index contributed by atoms with van der Waals surface area (Å²) < 4.78 is 120. The maximum Gasteiger partial charge on any atom is 0.485 e. The standard InChI is InChI=1S/C9H11F5I.CHF3O3S/c1-2-5-8-6-3-4-7-9(8)15(10,11,12,13)14;2-1(3,4)8(5,6)7/h3-4,6-7H,2,5H2,1H3;(H,5,6,7)/q+1;/p-1. The Bertz CT molecular complexity index is 651. The van der Waals surface area contributed by atoms with Crippen LogP contribution in [0.25, 0.3) is 0 Å². The predicted octanol–water partition coefficient (Wildman–Crippen LogP) is 1.51. The van der Waals surface area contributed by atoms with Crippen LogP contribution in [0.3, 0.4) is 0 Å². The Labute approximate surface area is 128 Å². The molecule has 23 heavy (non-hydrogen) atoms. The van der Waals surface area contributed by atoms with Crippen LogP contribution in [0, 0.1) is 3.57 Å². The Balaban J connectivity index is 0.000000515. The average Bonchev–Trinajstić information content (AvgIpc) is 2.25. The fraction of sp³-hybridized carbons (Fsp3) is 0.400. The van der Waals surface area contributed by atoms with E-state index >= 15 is 0 Å². The SMILES string of the molecule is CCCc1ccccc1[I+](F)(F)(F)(F)F.O=S(=O)([O-])C(F)(F)F. The van der Waals surface area contributed by atoms with Crippen molar-refractivity contribution in [2.24, 2.45) is 0 Å². The van der Waals surface area contributed by atoms with E-state index in [-0.39, 0.29) is 12.0 Å². The number of benzene rings is 1. The van der Waals surface area contributed by atoms with Gasteiger partial charge in [0.25, 0.3) is 0 Å². The first-order valence-electron chi connectivity index (χ1n) is 5.56. The number of halogens is 9. The van der Waals surface area contributed by atoms with E-state index < -0.39 is 37.7 Å². The molecule has 0 saturated carbocycles. The van der Waals surface area contributed by atoms with Crippen LogP contribution in [-0.2, 0) is 16.5 Å². The van der Waals surface area contributed by atoms with E-state index in [2.05, 4.69) is 0 Å². The van der Waals surface area contributed by atoms with E-state index in [1.807, 2.05) is 0 Å². The normalized spacial score (nSPS) is 15.9. The second kappa shape index (κ2) is 5.98. The van der Waals surface area contributed by atoms with Crippen molar-refractivity contribution in [1.29, 1.82) is 0 Å². The molecular formula is C10H11F8IO3S. The zero-order valence-corrected chi connectivity index (χ0v) is 14.2. The van der Waals surface area contributed by atoms with Crippen LogP contribution in [0.15, 0.2) is 24.3 Å². The van der Waals surface area contributed by atoms with Gasteiger partial charge in [-0.25, -0.2) is 8.42 Å². The minimum Gasteiger partial charge on any atom is -0.741 e. The maximum absolute atomic E-state index is 12.6. The summed E-state index contributed by atoms with van der Waals surface area (Å²) in [6, 6.07) is 3.93. The molecule has 0 aromatic heterocycles. The third-order valence-electron chi connectivity index (χ3n) is 2.15. The summed E-state index contributed by atoms with van der Waals surface area (Å²) in [4.78, 5) is 0. The van der Waals surface area contributed by atoms with Gasteiger partial charge in [0, 0.05) is 0 Å². The molecule has 1 aromatic rings. The minimum atomic E-state index is -10.3. The fourth-order valence-corrected chi connectivity index (χ4v) is 3.96. The molecule has 0 aliphatic rings. The summed E-state index contributed by atoms with van der Waals surface area (Å²) in [6.07, 6.45) is 0.422. The molecule has 13 heteroatoms. The molecular weight excluding hydrogens is 479 g/mol. The van der Waals surface area contributed by atoms with Crippen molar-refractivity contribution >= 4 is 10.1 Å². The average molecular weight is 490 g/mol. The van der Waals surface area contributed by atoms with Crippen LogP contribution in [-0.4, -0.2) is 18.5 Å². The molecule has 0 saturated heterocycles. The van der Waals surface area contributed by atoms with Crippen LogP contribution in [0.4, 0.5) is 27.5 Å². The quantitative estimate of drug-likeness (QED) is 0.280. The summed E-state index contributed by atoms with van der Waals surface area (Å²) in [5, 5.41) is 0. The van der Waals surface area contributed by atoms with Crippen LogP contribution in [0.1, 0.15) is 18.9 Å². The fourth-order valence-electron chi connectivity index (χ4n) is 1.32. The number of alkyl halides is 3. The Hall–Kier alpha value is -0.700. The van der Waals surface area contributed by atoms with Crippen LogP contribution in [0.2, 0.25) is 0 Å². The second-order valence-corrected chi connectivity index (χ2v) is 11.8. The molecule has 0 atom stereocenters. The molecule has 0 fully saturated rings. The van der Waals surface area contributed by atoms with Gasteiger partial charge in [-0.2, -0.15) is 13.2 Å². The molecule has 0 unspecified atom stereocenters. The predicted molar refractivity (Wildman–Crippen MR) is 60.4 cm³/mol. The summed E-state index contributed by atoms with van der Waals surface area (Å²) in [5.41, 5.74) is -5.95. The summed E-state index contributed by atoms with van der Waals surface area (Å²) in [7, 11) is -6.09. The van der Waals surface area contributed by atoms with Crippen LogP contribution >= 0.6 is 0 Å². The van der Waals surface area contributed by atoms with Gasteiger partial charge in [0.2, 0.25) is 0 Å². The number of aryl methyl sites for hydroxylation is 1. The van der Waals surface area contributed by atoms with Crippen molar-refractivity contribution in [2.75, 3.05) is 0 Å². The van der Waals surface area contributed by atoms with Gasteiger partial charge in [0.15, 0.2) is 10.1 Å². The van der Waals surface area contributed by atoms with Gasteiger partial charge in [-0.3, -0.25) is 0 Å². The van der Waals surface area contributed by atoms with Gasteiger partial charge in [0.1, 0.15) is 0 Å². The molecule has 0 bridgehead atoms. The zero-order chi connectivity index (χ0) is 18.8. The molecule has 0 radical (unpaired) electrons. The number of rotatable bonds is 3. The van der Waals surface area contributed by atoms with Crippen molar-refractivity contribution in [3.8, 4) is 0 Å². The molecule has 3 nitrogen and oxygen atoms in total. The topological polar surface area (TPSA) is 57.2 Å². The van der Waals surface area contributed by atoms with Gasteiger partial charge < -0.3 is 4.55 Å². The molecule has 0 amide bonds. The molecule has 0 spiro atoms. The van der Waals surface area contributed by atoms with E-state index in [4.69, 9.17) is 13.0 Å². The summed E-state index contributed by atoms with van der Waals surface area (Å²) in [6.45, 7) is 1.65. The first kappa shape index (κ1) is 22.3. The van der Waals surface area contributed by atoms with Crippen molar-refractivity contribution < 1.29 is 59.0 Å². The summed E-state index contributed by atoms with van der Waals surface area (Å²) >= 11 is -10.3. The van der Waals surface area contributed by atoms with Crippen molar-refractivity contribution in [3.63, 3.8) is 0 Å². The van der Waals surface area contributed by atoms with Gasteiger partial charge in [-0.05, 0) is 0 Å². The van der Waals surface area contributed by atoms with Crippen molar-refractivity contribution in [1.82, 2.24) is 0 Å². The number of hydrogen-bond donors (Lipinski definition) is 0. The van der Waals surface area contributed by atoms with E-state index in [1.54, 1.807) is 6.92 Å². The third kappa shape index (κ3) is 7.60. The van der Waals surface area contributed by atoms with Crippen molar-refractivity contribution in [3.05, 3.63) is 33.4 Å².